The highest BCUT2D eigenvalue weighted by molar-refractivity contribution is 8.00. The molecule has 16 heavy (non-hydrogen) atoms. The van der Waals surface area contributed by atoms with Crippen molar-refractivity contribution >= 4 is 17.7 Å². The first kappa shape index (κ1) is 13.1. The van der Waals surface area contributed by atoms with Crippen LogP contribution in [0.15, 0.2) is 17.0 Å². The van der Waals surface area contributed by atoms with E-state index in [1.165, 1.54) is 40.5 Å². The van der Waals surface area contributed by atoms with Crippen molar-refractivity contribution in [1.82, 2.24) is 0 Å². The maximum absolute atomic E-state index is 11.1. The molecule has 0 bridgehead atoms. The molecule has 0 heterocycles. The Balaban J connectivity index is 2.81. The number of carbonyl (C=O) groups excluding carboxylic acids is 1. The van der Waals surface area contributed by atoms with Gasteiger partial charge in [-0.2, -0.15) is 0 Å². The van der Waals surface area contributed by atoms with Gasteiger partial charge in [-0.1, -0.05) is 13.0 Å². The zero-order valence-electron chi connectivity index (χ0n) is 10.3. The van der Waals surface area contributed by atoms with Gasteiger partial charge in [0.1, 0.15) is 0 Å². The SMILES string of the molecule is CCc1cc(C)c(SCC(=O)OC)cc1C. The van der Waals surface area contributed by atoms with Gasteiger partial charge < -0.3 is 4.74 Å². The largest absolute Gasteiger partial charge is 0.468 e. The van der Waals surface area contributed by atoms with E-state index in [9.17, 15) is 4.79 Å². The van der Waals surface area contributed by atoms with Crippen LogP contribution in [-0.2, 0) is 16.0 Å². The number of hydrogen-bond acceptors (Lipinski definition) is 3. The van der Waals surface area contributed by atoms with Gasteiger partial charge in [-0.15, -0.1) is 11.8 Å². The molecule has 2 nitrogen and oxygen atoms in total. The minimum Gasteiger partial charge on any atom is -0.468 e. The van der Waals surface area contributed by atoms with E-state index in [-0.39, 0.29) is 5.97 Å². The number of hydrogen-bond donors (Lipinski definition) is 0. The Hall–Kier alpha value is -0.960. The summed E-state index contributed by atoms with van der Waals surface area (Å²) >= 11 is 1.54. The van der Waals surface area contributed by atoms with Crippen molar-refractivity contribution in [3.63, 3.8) is 0 Å². The van der Waals surface area contributed by atoms with Gasteiger partial charge in [0.2, 0.25) is 0 Å². The second-order valence-electron chi connectivity index (χ2n) is 3.76. The number of esters is 1. The zero-order valence-corrected chi connectivity index (χ0v) is 11.1. The van der Waals surface area contributed by atoms with Crippen LogP contribution in [-0.4, -0.2) is 18.8 Å². The van der Waals surface area contributed by atoms with Crippen molar-refractivity contribution in [2.24, 2.45) is 0 Å². The van der Waals surface area contributed by atoms with Gasteiger partial charge in [0.05, 0.1) is 12.9 Å². The third-order valence-corrected chi connectivity index (χ3v) is 3.72. The number of carbonyl (C=O) groups is 1. The topological polar surface area (TPSA) is 26.3 Å². The van der Waals surface area contributed by atoms with Gasteiger partial charge >= 0.3 is 5.97 Å². The van der Waals surface area contributed by atoms with Crippen LogP contribution < -0.4 is 0 Å². The molecular formula is C13H18O2S. The maximum Gasteiger partial charge on any atom is 0.315 e. The molecule has 0 atom stereocenters. The predicted molar refractivity (Wildman–Crippen MR) is 68.0 cm³/mol. The molecule has 0 radical (unpaired) electrons. The molecule has 0 aromatic heterocycles. The van der Waals surface area contributed by atoms with Crippen LogP contribution >= 0.6 is 11.8 Å². The van der Waals surface area contributed by atoms with E-state index < -0.39 is 0 Å². The highest BCUT2D eigenvalue weighted by atomic mass is 32.2. The van der Waals surface area contributed by atoms with Crippen LogP contribution in [0.2, 0.25) is 0 Å². The lowest BCUT2D eigenvalue weighted by Gasteiger charge is -2.10. The lowest BCUT2D eigenvalue weighted by molar-refractivity contribution is -0.137. The van der Waals surface area contributed by atoms with Crippen LogP contribution in [0.5, 0.6) is 0 Å². The summed E-state index contributed by atoms with van der Waals surface area (Å²) < 4.78 is 4.63. The van der Waals surface area contributed by atoms with Crippen LogP contribution in [0.3, 0.4) is 0 Å². The second-order valence-corrected chi connectivity index (χ2v) is 4.78. The Kier molecular flexibility index (Phi) is 4.87. The molecule has 0 aliphatic carbocycles. The lowest BCUT2D eigenvalue weighted by Crippen LogP contribution is -2.03. The van der Waals surface area contributed by atoms with Crippen molar-refractivity contribution in [2.45, 2.75) is 32.1 Å². The predicted octanol–water partition coefficient (Wildman–Crippen LogP) is 3.13. The molecule has 0 N–H and O–H groups in total. The quantitative estimate of drug-likeness (QED) is 0.595. The van der Waals surface area contributed by atoms with Gasteiger partial charge in [-0.25, -0.2) is 0 Å². The minimum atomic E-state index is -0.179. The summed E-state index contributed by atoms with van der Waals surface area (Å²) in [6.07, 6.45) is 1.05. The molecule has 0 unspecified atom stereocenters. The number of thioether (sulfide) groups is 1. The summed E-state index contributed by atoms with van der Waals surface area (Å²) in [6.45, 7) is 6.35. The summed E-state index contributed by atoms with van der Waals surface area (Å²) in [6, 6.07) is 4.36. The second kappa shape index (κ2) is 5.94. The molecule has 0 aliphatic heterocycles. The summed E-state index contributed by atoms with van der Waals surface area (Å²) in [5.41, 5.74) is 3.90. The van der Waals surface area contributed by atoms with Crippen molar-refractivity contribution < 1.29 is 9.53 Å². The Morgan fingerprint density at radius 3 is 2.56 bits per heavy atom. The average molecular weight is 238 g/mol. The van der Waals surface area contributed by atoms with E-state index in [1.54, 1.807) is 0 Å². The molecule has 0 fully saturated rings. The summed E-state index contributed by atoms with van der Waals surface area (Å²) in [5.74, 6) is 0.198. The standard InChI is InChI=1S/C13H18O2S/c1-5-11-6-10(3)12(7-9(11)2)16-8-13(14)15-4/h6-7H,5,8H2,1-4H3. The molecule has 88 valence electrons. The molecule has 0 saturated carbocycles. The van der Waals surface area contributed by atoms with E-state index in [2.05, 4.69) is 37.6 Å². The number of methoxy groups -OCH3 is 1. The Morgan fingerprint density at radius 2 is 2.00 bits per heavy atom. The molecule has 0 spiro atoms. The van der Waals surface area contributed by atoms with Crippen molar-refractivity contribution in [3.05, 3.63) is 28.8 Å². The van der Waals surface area contributed by atoms with E-state index >= 15 is 0 Å². The summed E-state index contributed by atoms with van der Waals surface area (Å²) in [4.78, 5) is 12.2. The lowest BCUT2D eigenvalue weighted by atomic mass is 10.0. The molecule has 0 aliphatic rings. The maximum atomic E-state index is 11.1. The van der Waals surface area contributed by atoms with E-state index in [0.29, 0.717) is 5.75 Å². The average Bonchev–Trinajstić information content (AvgIpc) is 2.29. The van der Waals surface area contributed by atoms with Gasteiger partial charge in [0, 0.05) is 4.90 Å². The smallest absolute Gasteiger partial charge is 0.315 e. The molecule has 1 aromatic rings. The first-order chi connectivity index (χ1) is 7.58. The number of benzene rings is 1. The third kappa shape index (κ3) is 3.27. The Labute approximate surface area is 101 Å². The third-order valence-electron chi connectivity index (χ3n) is 2.59. The molecule has 3 heteroatoms. The molecular weight excluding hydrogens is 220 g/mol. The minimum absolute atomic E-state index is 0.179. The summed E-state index contributed by atoms with van der Waals surface area (Å²) in [7, 11) is 1.42. The molecule has 1 aromatic carbocycles. The van der Waals surface area contributed by atoms with E-state index in [0.717, 1.165) is 6.42 Å². The Bertz CT molecular complexity index is 386. The molecule has 0 saturated heterocycles. The normalized spacial score (nSPS) is 10.2. The number of aryl methyl sites for hydroxylation is 3. The fourth-order valence-electron chi connectivity index (χ4n) is 1.58. The highest BCUT2D eigenvalue weighted by Crippen LogP contribution is 2.26. The van der Waals surface area contributed by atoms with E-state index in [4.69, 9.17) is 0 Å². The van der Waals surface area contributed by atoms with Gasteiger partial charge in [-0.05, 0) is 43.0 Å². The first-order valence-electron chi connectivity index (χ1n) is 5.38. The molecule has 0 amide bonds. The van der Waals surface area contributed by atoms with E-state index in [1.807, 2.05) is 0 Å². The van der Waals surface area contributed by atoms with Crippen LogP contribution in [0.25, 0.3) is 0 Å². The number of ether oxygens (including phenoxy) is 1. The fourth-order valence-corrected chi connectivity index (χ4v) is 2.52. The molecule has 1 rings (SSSR count). The van der Waals surface area contributed by atoms with Gasteiger partial charge in [0.25, 0.3) is 0 Å². The first-order valence-corrected chi connectivity index (χ1v) is 6.36. The van der Waals surface area contributed by atoms with Crippen LogP contribution in [0, 0.1) is 13.8 Å². The highest BCUT2D eigenvalue weighted by Gasteiger charge is 2.07. The summed E-state index contributed by atoms with van der Waals surface area (Å²) in [5, 5.41) is 0. The monoisotopic (exact) mass is 238 g/mol. The van der Waals surface area contributed by atoms with Crippen molar-refractivity contribution in [2.75, 3.05) is 12.9 Å². The van der Waals surface area contributed by atoms with Crippen LogP contribution in [0.1, 0.15) is 23.6 Å². The number of rotatable bonds is 4. The van der Waals surface area contributed by atoms with Crippen molar-refractivity contribution in [3.8, 4) is 0 Å². The van der Waals surface area contributed by atoms with Gasteiger partial charge in [-0.3, -0.25) is 4.79 Å². The van der Waals surface area contributed by atoms with Gasteiger partial charge in [0.15, 0.2) is 0 Å². The zero-order chi connectivity index (χ0) is 12.1. The van der Waals surface area contributed by atoms with Crippen LogP contribution in [0.4, 0.5) is 0 Å². The Morgan fingerprint density at radius 1 is 1.31 bits per heavy atom. The fraction of sp³-hybridized carbons (Fsp3) is 0.462. The van der Waals surface area contributed by atoms with Crippen molar-refractivity contribution in [1.29, 1.82) is 0 Å².